The maximum Gasteiger partial charge on any atom is 0.410 e. The Morgan fingerprint density at radius 1 is 1.20 bits per heavy atom. The van der Waals surface area contributed by atoms with Gasteiger partial charge in [0.1, 0.15) is 18.4 Å². The fraction of sp³-hybridized carbons (Fsp3) is 0.600. The van der Waals surface area contributed by atoms with Gasteiger partial charge in [-0.05, 0) is 51.5 Å². The molecular formula is C25H32ClN3O5S. The summed E-state index contributed by atoms with van der Waals surface area (Å²) in [7, 11) is 3.22. The number of aryl methyl sites for hydroxylation is 1. The molecule has 10 heteroatoms. The van der Waals surface area contributed by atoms with E-state index in [1.807, 2.05) is 6.92 Å². The van der Waals surface area contributed by atoms with E-state index in [1.54, 1.807) is 24.2 Å². The molecule has 2 aromatic heterocycles. The fourth-order valence-electron chi connectivity index (χ4n) is 4.89. The SMILES string of the molecule is COC(=O)[C@H]1CCC[C@H](Oc2ncc(-c3sc(Cl)cc3COC(=O)N(C)C3CCCC3)nc2C)C1. The second-order valence-electron chi connectivity index (χ2n) is 9.28. The first kappa shape index (κ1) is 25.7. The van der Waals surface area contributed by atoms with Crippen molar-refractivity contribution in [3.8, 4) is 16.5 Å². The number of nitrogens with zero attached hydrogens (tertiary/aromatic N) is 3. The van der Waals surface area contributed by atoms with E-state index in [0.29, 0.717) is 28.0 Å². The van der Waals surface area contributed by atoms with E-state index >= 15 is 0 Å². The van der Waals surface area contributed by atoms with Crippen molar-refractivity contribution >= 4 is 35.0 Å². The van der Waals surface area contributed by atoms with Crippen LogP contribution in [-0.2, 0) is 20.9 Å². The number of hydrogen-bond acceptors (Lipinski definition) is 8. The number of methoxy groups -OCH3 is 1. The Balaban J connectivity index is 1.42. The lowest BCUT2D eigenvalue weighted by atomic mass is 9.87. The molecule has 0 saturated heterocycles. The minimum atomic E-state index is -0.325. The molecule has 0 aliphatic heterocycles. The van der Waals surface area contributed by atoms with Crippen molar-refractivity contribution in [1.82, 2.24) is 14.9 Å². The van der Waals surface area contributed by atoms with Crippen molar-refractivity contribution < 1.29 is 23.8 Å². The lowest BCUT2D eigenvalue weighted by Crippen LogP contribution is -2.35. The van der Waals surface area contributed by atoms with Gasteiger partial charge in [-0.2, -0.15) is 0 Å². The third-order valence-corrected chi connectivity index (χ3v) is 8.19. The molecule has 1 amide bonds. The number of halogens is 1. The Morgan fingerprint density at radius 3 is 2.69 bits per heavy atom. The van der Waals surface area contributed by atoms with E-state index in [4.69, 9.17) is 30.8 Å². The highest BCUT2D eigenvalue weighted by atomic mass is 35.5. The van der Waals surface area contributed by atoms with E-state index in [0.717, 1.165) is 55.4 Å². The van der Waals surface area contributed by atoms with Crippen molar-refractivity contribution in [2.75, 3.05) is 14.2 Å². The summed E-state index contributed by atoms with van der Waals surface area (Å²) in [5.74, 6) is 0.129. The minimum absolute atomic E-state index is 0.102. The van der Waals surface area contributed by atoms with Crippen LogP contribution >= 0.6 is 22.9 Å². The van der Waals surface area contributed by atoms with Crippen LogP contribution in [0.2, 0.25) is 4.34 Å². The average Bonchev–Trinajstić information content (AvgIpc) is 3.53. The van der Waals surface area contributed by atoms with Gasteiger partial charge in [-0.25, -0.2) is 14.8 Å². The molecule has 2 fully saturated rings. The lowest BCUT2D eigenvalue weighted by Gasteiger charge is -2.27. The van der Waals surface area contributed by atoms with Crippen LogP contribution in [0.3, 0.4) is 0 Å². The fourth-order valence-corrected chi connectivity index (χ4v) is 6.10. The summed E-state index contributed by atoms with van der Waals surface area (Å²) in [6.45, 7) is 1.96. The summed E-state index contributed by atoms with van der Waals surface area (Å²) in [5, 5.41) is 0. The first-order valence-electron chi connectivity index (χ1n) is 12.1. The Bertz CT molecular complexity index is 1060. The van der Waals surface area contributed by atoms with Gasteiger partial charge >= 0.3 is 12.1 Å². The number of carbonyl (C=O) groups is 2. The molecule has 2 saturated carbocycles. The molecule has 2 aliphatic rings. The molecule has 2 heterocycles. The molecule has 0 N–H and O–H groups in total. The first-order valence-corrected chi connectivity index (χ1v) is 13.3. The quantitative estimate of drug-likeness (QED) is 0.426. The van der Waals surface area contributed by atoms with Crippen LogP contribution in [0.15, 0.2) is 12.3 Å². The number of amides is 1. The third kappa shape index (κ3) is 6.25. The molecule has 0 radical (unpaired) electrons. The van der Waals surface area contributed by atoms with Gasteiger partial charge in [0, 0.05) is 18.7 Å². The Hall–Kier alpha value is -2.39. The molecule has 2 atom stereocenters. The van der Waals surface area contributed by atoms with Gasteiger partial charge < -0.3 is 19.1 Å². The zero-order chi connectivity index (χ0) is 24.9. The van der Waals surface area contributed by atoms with E-state index in [-0.39, 0.29) is 36.7 Å². The monoisotopic (exact) mass is 521 g/mol. The van der Waals surface area contributed by atoms with Gasteiger partial charge in [-0.1, -0.05) is 24.4 Å². The van der Waals surface area contributed by atoms with Gasteiger partial charge in [0.2, 0.25) is 5.88 Å². The summed E-state index contributed by atoms with van der Waals surface area (Å²) in [6, 6.07) is 2.06. The van der Waals surface area contributed by atoms with Crippen LogP contribution in [0.4, 0.5) is 4.79 Å². The zero-order valence-corrected chi connectivity index (χ0v) is 22.0. The van der Waals surface area contributed by atoms with E-state index < -0.39 is 0 Å². The van der Waals surface area contributed by atoms with Crippen LogP contribution in [0.5, 0.6) is 5.88 Å². The Morgan fingerprint density at radius 2 is 1.97 bits per heavy atom. The largest absolute Gasteiger partial charge is 0.473 e. The van der Waals surface area contributed by atoms with E-state index in [1.165, 1.54) is 18.4 Å². The number of esters is 1. The lowest BCUT2D eigenvalue weighted by molar-refractivity contribution is -0.147. The first-order chi connectivity index (χ1) is 16.9. The topological polar surface area (TPSA) is 90.8 Å². The zero-order valence-electron chi connectivity index (χ0n) is 20.4. The van der Waals surface area contributed by atoms with Gasteiger partial charge in [0.15, 0.2) is 0 Å². The van der Waals surface area contributed by atoms with Crippen LogP contribution in [0.25, 0.3) is 10.6 Å². The van der Waals surface area contributed by atoms with Crippen molar-refractivity contribution in [2.24, 2.45) is 5.92 Å². The van der Waals surface area contributed by atoms with Gasteiger partial charge in [0.25, 0.3) is 0 Å². The molecule has 35 heavy (non-hydrogen) atoms. The summed E-state index contributed by atoms with van der Waals surface area (Å²) in [4.78, 5) is 36.2. The molecule has 0 unspecified atom stereocenters. The predicted octanol–water partition coefficient (Wildman–Crippen LogP) is 5.79. The van der Waals surface area contributed by atoms with Crippen molar-refractivity contribution in [2.45, 2.75) is 77.0 Å². The highest BCUT2D eigenvalue weighted by Crippen LogP contribution is 2.36. The van der Waals surface area contributed by atoms with Gasteiger partial charge in [-0.15, -0.1) is 11.3 Å². The third-order valence-electron chi connectivity index (χ3n) is 6.86. The molecule has 2 aromatic rings. The molecule has 0 bridgehead atoms. The minimum Gasteiger partial charge on any atom is -0.473 e. The summed E-state index contributed by atoms with van der Waals surface area (Å²) >= 11 is 7.68. The maximum absolute atomic E-state index is 12.5. The summed E-state index contributed by atoms with van der Waals surface area (Å²) in [6.07, 6.45) is 8.77. The number of hydrogen-bond donors (Lipinski definition) is 0. The number of carbonyl (C=O) groups excluding carboxylic acids is 2. The van der Waals surface area contributed by atoms with E-state index in [9.17, 15) is 9.59 Å². The van der Waals surface area contributed by atoms with E-state index in [2.05, 4.69) is 4.98 Å². The highest BCUT2D eigenvalue weighted by Gasteiger charge is 2.30. The Kier molecular flexibility index (Phi) is 8.49. The van der Waals surface area contributed by atoms with Crippen molar-refractivity contribution in [1.29, 1.82) is 0 Å². The van der Waals surface area contributed by atoms with Crippen LogP contribution in [-0.4, -0.2) is 53.2 Å². The number of thiophene rings is 1. The molecule has 0 spiro atoms. The number of aromatic nitrogens is 2. The second kappa shape index (κ2) is 11.6. The molecule has 2 aliphatic carbocycles. The molecule has 0 aromatic carbocycles. The number of rotatable bonds is 7. The molecule has 8 nitrogen and oxygen atoms in total. The van der Waals surface area contributed by atoms with Crippen LogP contribution in [0.1, 0.15) is 62.6 Å². The van der Waals surface area contributed by atoms with Gasteiger partial charge in [0.05, 0.1) is 34.1 Å². The molecular weight excluding hydrogens is 490 g/mol. The van der Waals surface area contributed by atoms with Crippen LogP contribution in [0, 0.1) is 12.8 Å². The number of ether oxygens (including phenoxy) is 3. The normalized spacial score (nSPS) is 20.5. The predicted molar refractivity (Wildman–Crippen MR) is 134 cm³/mol. The van der Waals surface area contributed by atoms with Crippen LogP contribution < -0.4 is 4.74 Å². The van der Waals surface area contributed by atoms with Gasteiger partial charge in [-0.3, -0.25) is 4.79 Å². The smallest absolute Gasteiger partial charge is 0.410 e. The average molecular weight is 522 g/mol. The molecule has 190 valence electrons. The second-order valence-corrected chi connectivity index (χ2v) is 11.0. The summed E-state index contributed by atoms with van der Waals surface area (Å²) < 4.78 is 17.2. The Labute approximate surface area is 214 Å². The maximum atomic E-state index is 12.5. The highest BCUT2D eigenvalue weighted by molar-refractivity contribution is 7.19. The standard InChI is InChI=1S/C25H32ClN3O5S/c1-15-23(34-19-10-6-7-16(11-19)24(30)32-3)27-13-20(28-15)22-17(12-21(26)35-22)14-33-25(31)29(2)18-8-4-5-9-18/h12-13,16,18-19H,4-11,14H2,1-3H3/t16-,19-/m0/s1. The van der Waals surface area contributed by atoms with Crippen molar-refractivity contribution in [3.05, 3.63) is 27.9 Å². The summed E-state index contributed by atoms with van der Waals surface area (Å²) in [5.41, 5.74) is 2.10. The van der Waals surface area contributed by atoms with Crippen molar-refractivity contribution in [3.63, 3.8) is 0 Å². The molecule has 4 rings (SSSR count).